The van der Waals surface area contributed by atoms with Crippen molar-refractivity contribution in [2.45, 2.75) is 58.9 Å². The quantitative estimate of drug-likeness (QED) is 0.864. The van der Waals surface area contributed by atoms with Crippen molar-refractivity contribution in [3.63, 3.8) is 0 Å². The Kier molecular flexibility index (Phi) is 6.23. The Morgan fingerprint density at radius 1 is 1.25 bits per heavy atom. The summed E-state index contributed by atoms with van der Waals surface area (Å²) in [7, 11) is 0. The number of hydrogen-bond donors (Lipinski definition) is 1. The molecule has 0 aromatic heterocycles. The lowest BCUT2D eigenvalue weighted by Gasteiger charge is -2.36. The van der Waals surface area contributed by atoms with Crippen molar-refractivity contribution < 1.29 is 19.4 Å². The van der Waals surface area contributed by atoms with E-state index in [9.17, 15) is 9.59 Å². The van der Waals surface area contributed by atoms with Crippen molar-refractivity contribution in [2.24, 2.45) is 0 Å². The monoisotopic (exact) mass is 333 g/mol. The first-order valence-electron chi connectivity index (χ1n) is 8.70. The molecule has 0 aliphatic carbocycles. The SMILES string of the molecule is CCCC1CCCCN1C(=O)c1cc(C)c(OCC(=O)O)c(C)c1. The van der Waals surface area contributed by atoms with Gasteiger partial charge in [0.25, 0.3) is 5.91 Å². The van der Waals surface area contributed by atoms with Crippen LogP contribution in [0.3, 0.4) is 0 Å². The highest BCUT2D eigenvalue weighted by atomic mass is 16.5. The van der Waals surface area contributed by atoms with E-state index in [2.05, 4.69) is 6.92 Å². The summed E-state index contributed by atoms with van der Waals surface area (Å²) < 4.78 is 5.34. The van der Waals surface area contributed by atoms with Gasteiger partial charge in [0.2, 0.25) is 0 Å². The molecule has 132 valence electrons. The summed E-state index contributed by atoms with van der Waals surface area (Å²) in [6, 6.07) is 3.95. The van der Waals surface area contributed by atoms with Gasteiger partial charge < -0.3 is 14.7 Å². The van der Waals surface area contributed by atoms with E-state index in [0.717, 1.165) is 43.4 Å². The maximum atomic E-state index is 13.0. The van der Waals surface area contributed by atoms with Crippen LogP contribution in [0.5, 0.6) is 5.75 Å². The number of ether oxygens (including phenoxy) is 1. The summed E-state index contributed by atoms with van der Waals surface area (Å²) in [6.45, 7) is 6.29. The summed E-state index contributed by atoms with van der Waals surface area (Å²) in [5, 5.41) is 8.76. The second-order valence-corrected chi connectivity index (χ2v) is 6.56. The Morgan fingerprint density at radius 2 is 1.92 bits per heavy atom. The van der Waals surface area contributed by atoms with E-state index in [0.29, 0.717) is 17.4 Å². The van der Waals surface area contributed by atoms with Crippen LogP contribution in [0.4, 0.5) is 0 Å². The van der Waals surface area contributed by atoms with Crippen molar-refractivity contribution in [2.75, 3.05) is 13.2 Å². The van der Waals surface area contributed by atoms with Crippen LogP contribution in [-0.2, 0) is 4.79 Å². The minimum Gasteiger partial charge on any atom is -0.481 e. The molecule has 1 aliphatic rings. The number of carboxylic acid groups (broad SMARTS) is 1. The summed E-state index contributed by atoms with van der Waals surface area (Å²) in [6.07, 6.45) is 5.45. The number of benzene rings is 1. The fourth-order valence-electron chi connectivity index (χ4n) is 3.50. The standard InChI is InChI=1S/C19H27NO4/c1-4-7-16-8-5-6-9-20(16)19(23)15-10-13(2)18(14(3)11-15)24-12-17(21)22/h10-11,16H,4-9,12H2,1-3H3,(H,21,22). The average molecular weight is 333 g/mol. The van der Waals surface area contributed by atoms with Crippen molar-refractivity contribution >= 4 is 11.9 Å². The van der Waals surface area contributed by atoms with Gasteiger partial charge in [-0.25, -0.2) is 4.79 Å². The van der Waals surface area contributed by atoms with Gasteiger partial charge in [0, 0.05) is 18.2 Å². The zero-order chi connectivity index (χ0) is 17.7. The van der Waals surface area contributed by atoms with E-state index in [1.54, 1.807) is 0 Å². The summed E-state index contributed by atoms with van der Waals surface area (Å²) in [4.78, 5) is 25.7. The molecule has 1 amide bonds. The lowest BCUT2D eigenvalue weighted by atomic mass is 9.96. The second kappa shape index (κ2) is 8.18. The molecule has 0 bridgehead atoms. The summed E-state index contributed by atoms with van der Waals surface area (Å²) in [5.41, 5.74) is 2.25. The topological polar surface area (TPSA) is 66.8 Å². The van der Waals surface area contributed by atoms with Gasteiger partial charge in [0.15, 0.2) is 6.61 Å². The van der Waals surface area contributed by atoms with Gasteiger partial charge in [-0.2, -0.15) is 0 Å². The van der Waals surface area contributed by atoms with Crippen LogP contribution in [-0.4, -0.2) is 41.1 Å². The molecular formula is C19H27NO4. The molecule has 1 fully saturated rings. The van der Waals surface area contributed by atoms with Crippen molar-refractivity contribution in [1.82, 2.24) is 4.90 Å². The predicted molar refractivity (Wildman–Crippen MR) is 92.6 cm³/mol. The van der Waals surface area contributed by atoms with Crippen LogP contribution in [0.25, 0.3) is 0 Å². The minimum absolute atomic E-state index is 0.0733. The number of aliphatic carboxylic acids is 1. The van der Waals surface area contributed by atoms with Crippen LogP contribution < -0.4 is 4.74 Å². The van der Waals surface area contributed by atoms with Crippen LogP contribution in [0.15, 0.2) is 12.1 Å². The molecule has 2 rings (SSSR count). The number of aryl methyl sites for hydroxylation is 2. The van der Waals surface area contributed by atoms with E-state index in [1.165, 1.54) is 6.42 Å². The number of hydrogen-bond acceptors (Lipinski definition) is 3. The molecule has 1 heterocycles. The van der Waals surface area contributed by atoms with Crippen molar-refractivity contribution in [1.29, 1.82) is 0 Å². The van der Waals surface area contributed by atoms with Crippen LogP contribution >= 0.6 is 0 Å². The van der Waals surface area contributed by atoms with Crippen LogP contribution in [0.1, 0.15) is 60.5 Å². The maximum absolute atomic E-state index is 13.0. The van der Waals surface area contributed by atoms with E-state index in [-0.39, 0.29) is 12.5 Å². The molecule has 1 saturated heterocycles. The fraction of sp³-hybridized carbons (Fsp3) is 0.579. The Bertz CT molecular complexity index is 586. The normalized spacial score (nSPS) is 17.6. The minimum atomic E-state index is -1.01. The molecule has 0 radical (unpaired) electrons. The molecule has 5 heteroatoms. The van der Waals surface area contributed by atoms with Crippen LogP contribution in [0.2, 0.25) is 0 Å². The van der Waals surface area contributed by atoms with Gasteiger partial charge in [0.05, 0.1) is 0 Å². The number of rotatable bonds is 6. The summed E-state index contributed by atoms with van der Waals surface area (Å²) >= 11 is 0. The van der Waals surface area contributed by atoms with Gasteiger partial charge in [-0.3, -0.25) is 4.79 Å². The zero-order valence-electron chi connectivity index (χ0n) is 14.8. The third-order valence-electron chi connectivity index (χ3n) is 4.56. The number of nitrogens with zero attached hydrogens (tertiary/aromatic N) is 1. The van der Waals surface area contributed by atoms with E-state index in [1.807, 2.05) is 30.9 Å². The lowest BCUT2D eigenvalue weighted by Crippen LogP contribution is -2.43. The molecule has 1 atom stereocenters. The van der Waals surface area contributed by atoms with Crippen LogP contribution in [0, 0.1) is 13.8 Å². The molecule has 5 nitrogen and oxygen atoms in total. The van der Waals surface area contributed by atoms with E-state index >= 15 is 0 Å². The van der Waals surface area contributed by atoms with Gasteiger partial charge in [0.1, 0.15) is 5.75 Å². The first kappa shape index (κ1) is 18.3. The summed E-state index contributed by atoms with van der Waals surface area (Å²) in [5.74, 6) is -0.383. The molecular weight excluding hydrogens is 306 g/mol. The predicted octanol–water partition coefficient (Wildman–Crippen LogP) is 3.56. The van der Waals surface area contributed by atoms with Gasteiger partial charge in [-0.15, -0.1) is 0 Å². The molecule has 0 saturated carbocycles. The smallest absolute Gasteiger partial charge is 0.341 e. The maximum Gasteiger partial charge on any atom is 0.341 e. The number of amides is 1. The number of likely N-dealkylation sites (tertiary alicyclic amines) is 1. The third-order valence-corrected chi connectivity index (χ3v) is 4.56. The fourth-order valence-corrected chi connectivity index (χ4v) is 3.50. The molecule has 1 aromatic carbocycles. The molecule has 1 aliphatic heterocycles. The highest BCUT2D eigenvalue weighted by Gasteiger charge is 2.27. The Labute approximate surface area is 143 Å². The largest absolute Gasteiger partial charge is 0.481 e. The number of carbonyl (C=O) groups excluding carboxylic acids is 1. The van der Waals surface area contributed by atoms with E-state index in [4.69, 9.17) is 9.84 Å². The van der Waals surface area contributed by atoms with Crippen molar-refractivity contribution in [3.05, 3.63) is 28.8 Å². The zero-order valence-corrected chi connectivity index (χ0v) is 14.8. The lowest BCUT2D eigenvalue weighted by molar-refractivity contribution is -0.139. The van der Waals surface area contributed by atoms with Gasteiger partial charge in [-0.1, -0.05) is 13.3 Å². The first-order chi connectivity index (χ1) is 11.4. The van der Waals surface area contributed by atoms with Crippen molar-refractivity contribution in [3.8, 4) is 5.75 Å². The Morgan fingerprint density at radius 3 is 2.50 bits per heavy atom. The Hall–Kier alpha value is -2.04. The highest BCUT2D eigenvalue weighted by Crippen LogP contribution is 2.28. The molecule has 24 heavy (non-hydrogen) atoms. The Balaban J connectivity index is 2.21. The number of piperidine rings is 1. The number of carbonyl (C=O) groups is 2. The second-order valence-electron chi connectivity index (χ2n) is 6.56. The molecule has 1 N–H and O–H groups in total. The molecule has 1 unspecified atom stereocenters. The third kappa shape index (κ3) is 4.28. The number of carboxylic acids is 1. The molecule has 0 spiro atoms. The van der Waals surface area contributed by atoms with E-state index < -0.39 is 5.97 Å². The first-order valence-corrected chi connectivity index (χ1v) is 8.70. The highest BCUT2D eigenvalue weighted by molar-refractivity contribution is 5.95. The van der Waals surface area contributed by atoms with Gasteiger partial charge in [-0.05, 0) is 62.8 Å². The average Bonchev–Trinajstić information content (AvgIpc) is 2.54. The molecule has 1 aromatic rings. The van der Waals surface area contributed by atoms with Gasteiger partial charge >= 0.3 is 5.97 Å².